The molecule has 1 unspecified atom stereocenters. The van der Waals surface area contributed by atoms with E-state index in [4.69, 9.17) is 9.47 Å². The maximum absolute atomic E-state index is 12.7. The molecule has 3 rings (SSSR count). The smallest absolute Gasteiger partial charge is 0.231 e. The monoisotopic (exact) mass is 333 g/mol. The number of ether oxygens (including phenoxy) is 2. The second-order valence-electron chi connectivity index (χ2n) is 6.93. The first kappa shape index (κ1) is 17.1. The zero-order valence-electron chi connectivity index (χ0n) is 14.8. The van der Waals surface area contributed by atoms with Crippen molar-refractivity contribution in [3.05, 3.63) is 23.8 Å². The third-order valence-corrected chi connectivity index (χ3v) is 5.32. The van der Waals surface area contributed by atoms with Gasteiger partial charge in [0.1, 0.15) is 18.0 Å². The molecule has 2 saturated heterocycles. The predicted octanol–water partition coefficient (Wildman–Crippen LogP) is 1.12. The number of carbonyl (C=O) groups is 1. The molecule has 1 aromatic rings. The molecule has 2 aliphatic heterocycles. The number of benzene rings is 1. The third-order valence-electron chi connectivity index (χ3n) is 5.32. The second-order valence-corrected chi connectivity index (χ2v) is 6.93. The Morgan fingerprint density at radius 1 is 1.21 bits per heavy atom. The van der Waals surface area contributed by atoms with Crippen LogP contribution in [0.25, 0.3) is 0 Å². The average molecular weight is 333 g/mol. The summed E-state index contributed by atoms with van der Waals surface area (Å²) >= 11 is 0. The van der Waals surface area contributed by atoms with Crippen LogP contribution in [-0.2, 0) is 11.3 Å². The average Bonchev–Trinajstić information content (AvgIpc) is 3.16. The number of quaternary nitrogens is 1. The molecule has 2 heterocycles. The zero-order valence-corrected chi connectivity index (χ0v) is 14.8. The Kier molecular flexibility index (Phi) is 5.61. The number of piperidine rings is 1. The van der Waals surface area contributed by atoms with Gasteiger partial charge in [0.25, 0.3) is 0 Å². The standard InChI is InChI=1S/C19H28N2O3/c1-23-17-8-7-15(18(12-17)24-2)13-20-9-5-6-16(14-20)19(22)21-10-3-4-11-21/h7-8,12,16H,3-6,9-11,13-14H2,1-2H3/p+1/t16-/m0/s1. The van der Waals surface area contributed by atoms with Crippen LogP contribution in [0.5, 0.6) is 11.5 Å². The Hall–Kier alpha value is -1.75. The number of nitrogens with zero attached hydrogens (tertiary/aromatic N) is 1. The van der Waals surface area contributed by atoms with Gasteiger partial charge in [-0.2, -0.15) is 0 Å². The van der Waals surface area contributed by atoms with Crippen LogP contribution in [0.1, 0.15) is 31.2 Å². The number of methoxy groups -OCH3 is 2. The first-order valence-electron chi connectivity index (χ1n) is 9.04. The summed E-state index contributed by atoms with van der Waals surface area (Å²) in [5, 5.41) is 0. The minimum atomic E-state index is 0.191. The van der Waals surface area contributed by atoms with Crippen LogP contribution in [0.3, 0.4) is 0 Å². The van der Waals surface area contributed by atoms with Gasteiger partial charge >= 0.3 is 0 Å². The van der Waals surface area contributed by atoms with Crippen LogP contribution < -0.4 is 14.4 Å². The highest BCUT2D eigenvalue weighted by atomic mass is 16.5. The van der Waals surface area contributed by atoms with Gasteiger partial charge in [-0.1, -0.05) is 0 Å². The number of likely N-dealkylation sites (tertiary alicyclic amines) is 2. The molecule has 5 heteroatoms. The van der Waals surface area contributed by atoms with Gasteiger partial charge < -0.3 is 19.3 Å². The van der Waals surface area contributed by atoms with Crippen molar-refractivity contribution in [3.8, 4) is 11.5 Å². The largest absolute Gasteiger partial charge is 0.497 e. The highest BCUT2D eigenvalue weighted by Crippen LogP contribution is 2.24. The lowest BCUT2D eigenvalue weighted by Gasteiger charge is -2.31. The Morgan fingerprint density at radius 2 is 2.00 bits per heavy atom. The van der Waals surface area contributed by atoms with E-state index in [1.807, 2.05) is 12.1 Å². The van der Waals surface area contributed by atoms with Crippen molar-refractivity contribution in [3.63, 3.8) is 0 Å². The fourth-order valence-electron chi connectivity index (χ4n) is 3.99. The SMILES string of the molecule is COc1ccc(C[NH+]2CCC[C@H](C(=O)N3CCCC3)C2)c(OC)c1. The predicted molar refractivity (Wildman–Crippen MR) is 92.5 cm³/mol. The highest BCUT2D eigenvalue weighted by Gasteiger charge is 2.33. The Morgan fingerprint density at radius 3 is 2.71 bits per heavy atom. The van der Waals surface area contributed by atoms with E-state index in [2.05, 4.69) is 11.0 Å². The van der Waals surface area contributed by atoms with Gasteiger partial charge in [0.05, 0.1) is 33.2 Å². The number of amides is 1. The molecular weight excluding hydrogens is 304 g/mol. The zero-order chi connectivity index (χ0) is 16.9. The fourth-order valence-corrected chi connectivity index (χ4v) is 3.99. The molecule has 24 heavy (non-hydrogen) atoms. The van der Waals surface area contributed by atoms with Crippen molar-refractivity contribution >= 4 is 5.91 Å². The number of nitrogens with one attached hydrogen (secondary N) is 1. The Balaban J connectivity index is 1.64. The summed E-state index contributed by atoms with van der Waals surface area (Å²) in [6.07, 6.45) is 4.49. The molecule has 0 bridgehead atoms. The lowest BCUT2D eigenvalue weighted by Crippen LogP contribution is -3.12. The van der Waals surface area contributed by atoms with Gasteiger partial charge in [0.2, 0.25) is 5.91 Å². The second kappa shape index (κ2) is 7.88. The first-order chi connectivity index (χ1) is 11.7. The molecule has 0 aliphatic carbocycles. The molecule has 2 aliphatic rings. The van der Waals surface area contributed by atoms with Crippen LogP contribution >= 0.6 is 0 Å². The third kappa shape index (κ3) is 3.83. The van der Waals surface area contributed by atoms with Gasteiger partial charge in [-0.05, 0) is 37.8 Å². The Labute approximate surface area is 144 Å². The summed E-state index contributed by atoms with van der Waals surface area (Å²) in [7, 11) is 3.36. The summed E-state index contributed by atoms with van der Waals surface area (Å²) in [5.41, 5.74) is 1.18. The molecule has 0 spiro atoms. The summed E-state index contributed by atoms with van der Waals surface area (Å²) in [6.45, 7) is 4.87. The van der Waals surface area contributed by atoms with Crippen molar-refractivity contribution in [1.82, 2.24) is 4.90 Å². The molecular formula is C19H29N2O3+. The Bertz CT molecular complexity index is 570. The maximum Gasteiger partial charge on any atom is 0.231 e. The number of hydrogen-bond donors (Lipinski definition) is 1. The van der Waals surface area contributed by atoms with Crippen molar-refractivity contribution in [1.29, 1.82) is 0 Å². The van der Waals surface area contributed by atoms with E-state index >= 15 is 0 Å². The van der Waals surface area contributed by atoms with E-state index in [0.717, 1.165) is 69.9 Å². The molecule has 132 valence electrons. The summed E-state index contributed by atoms with van der Waals surface area (Å²) in [6, 6.07) is 6.00. The minimum absolute atomic E-state index is 0.191. The number of hydrogen-bond acceptors (Lipinski definition) is 3. The van der Waals surface area contributed by atoms with Gasteiger partial charge in [-0.3, -0.25) is 4.79 Å². The van der Waals surface area contributed by atoms with E-state index in [-0.39, 0.29) is 5.92 Å². The first-order valence-corrected chi connectivity index (χ1v) is 9.04. The van der Waals surface area contributed by atoms with Crippen LogP contribution in [0.15, 0.2) is 18.2 Å². The fraction of sp³-hybridized carbons (Fsp3) is 0.632. The molecule has 1 amide bonds. The molecule has 1 N–H and O–H groups in total. The summed E-state index contributed by atoms with van der Waals surface area (Å²) in [4.78, 5) is 16.2. The van der Waals surface area contributed by atoms with E-state index in [9.17, 15) is 4.79 Å². The molecule has 0 aromatic heterocycles. The van der Waals surface area contributed by atoms with E-state index in [1.54, 1.807) is 14.2 Å². The quantitative estimate of drug-likeness (QED) is 0.878. The van der Waals surface area contributed by atoms with Gasteiger partial charge in [0.15, 0.2) is 0 Å². The molecule has 5 nitrogen and oxygen atoms in total. The van der Waals surface area contributed by atoms with Crippen LogP contribution in [0.4, 0.5) is 0 Å². The van der Waals surface area contributed by atoms with Gasteiger partial charge in [-0.15, -0.1) is 0 Å². The lowest BCUT2D eigenvalue weighted by molar-refractivity contribution is -0.921. The summed E-state index contributed by atoms with van der Waals surface area (Å²) in [5.74, 6) is 2.25. The van der Waals surface area contributed by atoms with E-state index in [0.29, 0.717) is 5.91 Å². The maximum atomic E-state index is 12.7. The molecule has 1 aromatic carbocycles. The molecule has 0 saturated carbocycles. The highest BCUT2D eigenvalue weighted by molar-refractivity contribution is 5.79. The van der Waals surface area contributed by atoms with Crippen LogP contribution in [0.2, 0.25) is 0 Å². The normalized spacial score (nSPS) is 24.0. The van der Waals surface area contributed by atoms with E-state index in [1.165, 1.54) is 10.5 Å². The number of rotatable bonds is 5. The number of carbonyl (C=O) groups excluding carboxylic acids is 1. The molecule has 2 fully saturated rings. The van der Waals surface area contributed by atoms with Crippen molar-refractivity contribution in [2.24, 2.45) is 5.92 Å². The van der Waals surface area contributed by atoms with E-state index < -0.39 is 0 Å². The van der Waals surface area contributed by atoms with Gasteiger partial charge in [0, 0.05) is 24.7 Å². The topological polar surface area (TPSA) is 43.2 Å². The summed E-state index contributed by atoms with van der Waals surface area (Å²) < 4.78 is 10.8. The van der Waals surface area contributed by atoms with Crippen molar-refractivity contribution in [2.45, 2.75) is 32.2 Å². The van der Waals surface area contributed by atoms with Crippen LogP contribution in [0, 0.1) is 5.92 Å². The molecule has 0 radical (unpaired) electrons. The lowest BCUT2D eigenvalue weighted by atomic mass is 9.96. The van der Waals surface area contributed by atoms with Crippen LogP contribution in [-0.4, -0.2) is 51.2 Å². The van der Waals surface area contributed by atoms with Gasteiger partial charge in [-0.25, -0.2) is 0 Å². The molecule has 2 atom stereocenters. The van der Waals surface area contributed by atoms with Crippen molar-refractivity contribution < 1.29 is 19.2 Å². The minimum Gasteiger partial charge on any atom is -0.497 e. The van der Waals surface area contributed by atoms with Crippen molar-refractivity contribution in [2.75, 3.05) is 40.4 Å².